The number of hydrogen-bond donors (Lipinski definition) is 2. The van der Waals surface area contributed by atoms with Crippen molar-refractivity contribution in [3.05, 3.63) is 21.7 Å². The van der Waals surface area contributed by atoms with E-state index >= 15 is 0 Å². The van der Waals surface area contributed by atoms with Crippen molar-refractivity contribution >= 4 is 15.9 Å². The van der Waals surface area contributed by atoms with Crippen LogP contribution < -0.4 is 15.2 Å². The van der Waals surface area contributed by atoms with E-state index in [-0.39, 0.29) is 6.61 Å². The second-order valence-corrected chi connectivity index (χ2v) is 4.44. The standard InChI is InChI=1S/C12H18BrNO3/c1-4-7-5-8(9(14)6-15)12(17-3)10(13)11(7)16-2/h5,9,15H,4,6,14H2,1-3H3. The molecule has 17 heavy (non-hydrogen) atoms. The molecular formula is C12H18BrNO3. The van der Waals surface area contributed by atoms with Gasteiger partial charge in [0.05, 0.1) is 26.9 Å². The third-order valence-corrected chi connectivity index (χ3v) is 3.39. The highest BCUT2D eigenvalue weighted by molar-refractivity contribution is 9.10. The maximum absolute atomic E-state index is 9.16. The van der Waals surface area contributed by atoms with Crippen LogP contribution in [-0.4, -0.2) is 25.9 Å². The maximum Gasteiger partial charge on any atom is 0.141 e. The SMILES string of the molecule is CCc1cc(C(N)CO)c(OC)c(Br)c1OC. The van der Waals surface area contributed by atoms with Crippen molar-refractivity contribution < 1.29 is 14.6 Å². The zero-order valence-corrected chi connectivity index (χ0v) is 11.9. The van der Waals surface area contributed by atoms with E-state index in [1.165, 1.54) is 0 Å². The van der Waals surface area contributed by atoms with Crippen LogP contribution in [0.2, 0.25) is 0 Å². The summed E-state index contributed by atoms with van der Waals surface area (Å²) in [6.45, 7) is 1.91. The van der Waals surface area contributed by atoms with Gasteiger partial charge in [-0.15, -0.1) is 0 Å². The lowest BCUT2D eigenvalue weighted by molar-refractivity contribution is 0.264. The fourth-order valence-corrected chi connectivity index (χ4v) is 2.56. The van der Waals surface area contributed by atoms with Crippen molar-refractivity contribution in [2.75, 3.05) is 20.8 Å². The van der Waals surface area contributed by atoms with Crippen LogP contribution in [0.4, 0.5) is 0 Å². The van der Waals surface area contributed by atoms with E-state index < -0.39 is 6.04 Å². The lowest BCUT2D eigenvalue weighted by Crippen LogP contribution is -2.16. The van der Waals surface area contributed by atoms with Crippen LogP contribution in [0.25, 0.3) is 0 Å². The van der Waals surface area contributed by atoms with Gasteiger partial charge in [-0.1, -0.05) is 6.92 Å². The summed E-state index contributed by atoms with van der Waals surface area (Å²) in [5, 5.41) is 9.16. The number of hydrogen-bond acceptors (Lipinski definition) is 4. The van der Waals surface area contributed by atoms with Crippen LogP contribution in [0.1, 0.15) is 24.1 Å². The quantitative estimate of drug-likeness (QED) is 0.873. The summed E-state index contributed by atoms with van der Waals surface area (Å²) in [5.74, 6) is 1.36. The number of aliphatic hydroxyl groups excluding tert-OH is 1. The Labute approximate surface area is 110 Å². The summed E-state index contributed by atoms with van der Waals surface area (Å²) in [4.78, 5) is 0. The molecule has 0 bridgehead atoms. The average molecular weight is 304 g/mol. The zero-order chi connectivity index (χ0) is 13.0. The molecule has 0 spiro atoms. The first-order valence-corrected chi connectivity index (χ1v) is 6.19. The molecule has 0 fully saturated rings. The Balaban J connectivity index is 3.45. The molecule has 0 amide bonds. The minimum Gasteiger partial charge on any atom is -0.495 e. The van der Waals surface area contributed by atoms with Crippen LogP contribution in [0.5, 0.6) is 11.5 Å². The summed E-state index contributed by atoms with van der Waals surface area (Å²) in [6, 6.07) is 1.46. The second-order valence-electron chi connectivity index (χ2n) is 3.65. The van der Waals surface area contributed by atoms with Gasteiger partial charge >= 0.3 is 0 Å². The topological polar surface area (TPSA) is 64.7 Å². The predicted molar refractivity (Wildman–Crippen MR) is 70.6 cm³/mol. The van der Waals surface area contributed by atoms with E-state index in [0.717, 1.165) is 27.8 Å². The zero-order valence-electron chi connectivity index (χ0n) is 10.3. The molecule has 1 aromatic carbocycles. The van der Waals surface area contributed by atoms with Crippen molar-refractivity contribution in [1.29, 1.82) is 0 Å². The van der Waals surface area contributed by atoms with Crippen molar-refractivity contribution in [1.82, 2.24) is 0 Å². The number of methoxy groups -OCH3 is 2. The first kappa shape index (κ1) is 14.3. The van der Waals surface area contributed by atoms with E-state index in [0.29, 0.717) is 5.75 Å². The molecule has 3 N–H and O–H groups in total. The molecule has 0 saturated carbocycles. The predicted octanol–water partition coefficient (Wildman–Crippen LogP) is 2.02. The fraction of sp³-hybridized carbons (Fsp3) is 0.500. The average Bonchev–Trinajstić information content (AvgIpc) is 2.36. The summed E-state index contributed by atoms with van der Waals surface area (Å²) in [6.07, 6.45) is 0.816. The first-order chi connectivity index (χ1) is 8.10. The van der Waals surface area contributed by atoms with Gasteiger partial charge in [0.15, 0.2) is 0 Å². The number of benzene rings is 1. The van der Waals surface area contributed by atoms with Gasteiger partial charge in [0.25, 0.3) is 0 Å². The molecule has 4 nitrogen and oxygen atoms in total. The van der Waals surface area contributed by atoms with Crippen LogP contribution in [0, 0.1) is 0 Å². The Hall–Kier alpha value is -0.780. The molecular weight excluding hydrogens is 286 g/mol. The first-order valence-electron chi connectivity index (χ1n) is 5.40. The molecule has 0 heterocycles. The van der Waals surface area contributed by atoms with Gasteiger partial charge in [0.1, 0.15) is 16.0 Å². The third-order valence-electron chi connectivity index (χ3n) is 2.67. The maximum atomic E-state index is 9.16. The van der Waals surface area contributed by atoms with Gasteiger partial charge in [0.2, 0.25) is 0 Å². The number of aliphatic hydroxyl groups is 1. The monoisotopic (exact) mass is 303 g/mol. The third kappa shape index (κ3) is 2.73. The minimum atomic E-state index is -0.461. The van der Waals surface area contributed by atoms with Gasteiger partial charge in [-0.3, -0.25) is 0 Å². The molecule has 1 rings (SSSR count). The molecule has 0 aliphatic rings. The molecule has 0 radical (unpaired) electrons. The number of rotatable bonds is 5. The highest BCUT2D eigenvalue weighted by atomic mass is 79.9. The Morgan fingerprint density at radius 2 is 1.94 bits per heavy atom. The molecule has 0 aromatic heterocycles. The molecule has 1 aromatic rings. The number of aryl methyl sites for hydroxylation is 1. The van der Waals surface area contributed by atoms with Gasteiger partial charge in [-0.05, 0) is 34.0 Å². The van der Waals surface area contributed by atoms with E-state index in [1.807, 2.05) is 13.0 Å². The highest BCUT2D eigenvalue weighted by Crippen LogP contribution is 2.42. The minimum absolute atomic E-state index is 0.127. The summed E-state index contributed by atoms with van der Waals surface area (Å²) >= 11 is 3.45. The molecule has 96 valence electrons. The van der Waals surface area contributed by atoms with Gasteiger partial charge in [-0.25, -0.2) is 0 Å². The highest BCUT2D eigenvalue weighted by Gasteiger charge is 2.20. The number of halogens is 1. The van der Waals surface area contributed by atoms with Crippen molar-refractivity contribution in [3.8, 4) is 11.5 Å². The largest absolute Gasteiger partial charge is 0.495 e. The molecule has 0 aliphatic heterocycles. The van der Waals surface area contributed by atoms with Gasteiger partial charge in [0, 0.05) is 5.56 Å². The van der Waals surface area contributed by atoms with Crippen LogP contribution >= 0.6 is 15.9 Å². The van der Waals surface area contributed by atoms with E-state index in [9.17, 15) is 0 Å². The van der Waals surface area contributed by atoms with Gasteiger partial charge < -0.3 is 20.3 Å². The van der Waals surface area contributed by atoms with Crippen LogP contribution in [-0.2, 0) is 6.42 Å². The molecule has 5 heteroatoms. The lowest BCUT2D eigenvalue weighted by atomic mass is 10.0. The molecule has 0 saturated heterocycles. The summed E-state index contributed by atoms with van der Waals surface area (Å²) in [7, 11) is 3.18. The van der Waals surface area contributed by atoms with Crippen molar-refractivity contribution in [3.63, 3.8) is 0 Å². The molecule has 0 aliphatic carbocycles. The molecule has 1 unspecified atom stereocenters. The number of ether oxygens (including phenoxy) is 2. The Bertz CT molecular complexity index is 396. The van der Waals surface area contributed by atoms with Crippen LogP contribution in [0.15, 0.2) is 10.5 Å². The summed E-state index contributed by atoms with van der Waals surface area (Å²) in [5.41, 5.74) is 7.67. The normalized spacial score (nSPS) is 12.4. The lowest BCUT2D eigenvalue weighted by Gasteiger charge is -2.19. The van der Waals surface area contributed by atoms with Crippen LogP contribution in [0.3, 0.4) is 0 Å². The van der Waals surface area contributed by atoms with Crippen molar-refractivity contribution in [2.45, 2.75) is 19.4 Å². The summed E-state index contributed by atoms with van der Waals surface area (Å²) < 4.78 is 11.4. The fourth-order valence-electron chi connectivity index (χ4n) is 1.75. The van der Waals surface area contributed by atoms with E-state index in [4.69, 9.17) is 20.3 Å². The van der Waals surface area contributed by atoms with Crippen molar-refractivity contribution in [2.24, 2.45) is 5.73 Å². The second kappa shape index (κ2) is 6.23. The van der Waals surface area contributed by atoms with Gasteiger partial charge in [-0.2, -0.15) is 0 Å². The Kier molecular flexibility index (Phi) is 5.24. The molecule has 1 atom stereocenters. The van der Waals surface area contributed by atoms with E-state index in [1.54, 1.807) is 14.2 Å². The smallest absolute Gasteiger partial charge is 0.141 e. The Morgan fingerprint density at radius 1 is 1.35 bits per heavy atom. The van der Waals surface area contributed by atoms with E-state index in [2.05, 4.69) is 15.9 Å². The number of nitrogens with two attached hydrogens (primary N) is 1. The Morgan fingerprint density at radius 3 is 2.35 bits per heavy atom.